The van der Waals surface area contributed by atoms with Crippen molar-refractivity contribution in [2.45, 2.75) is 32.2 Å². The van der Waals surface area contributed by atoms with Gasteiger partial charge >= 0.3 is 0 Å². The van der Waals surface area contributed by atoms with Crippen molar-refractivity contribution in [3.8, 4) is 6.07 Å². The van der Waals surface area contributed by atoms with Gasteiger partial charge in [0, 0.05) is 36.9 Å². The van der Waals surface area contributed by atoms with Crippen molar-refractivity contribution in [1.82, 2.24) is 4.90 Å². The molecule has 0 bridgehead atoms. The molecule has 0 saturated carbocycles. The fraction of sp³-hybridized carbons (Fsp3) is 0.529. The first kappa shape index (κ1) is 14.1. The third kappa shape index (κ3) is 2.79. The number of anilines is 1. The molecule has 0 aliphatic carbocycles. The normalized spacial score (nSPS) is 22.5. The molecule has 3 rings (SSSR count). The van der Waals surface area contributed by atoms with Crippen LogP contribution in [0.15, 0.2) is 18.2 Å². The van der Waals surface area contributed by atoms with Gasteiger partial charge in [-0.2, -0.15) is 5.26 Å². The third-order valence-electron chi connectivity index (χ3n) is 4.68. The van der Waals surface area contributed by atoms with Crippen LogP contribution in [-0.2, 0) is 0 Å². The Labute approximate surface area is 126 Å². The van der Waals surface area contributed by atoms with Crippen LogP contribution in [0.2, 0.25) is 0 Å². The van der Waals surface area contributed by atoms with Crippen molar-refractivity contribution < 1.29 is 4.79 Å². The average molecular weight is 283 g/mol. The number of hydrogen-bond acceptors (Lipinski definition) is 4. The third-order valence-corrected chi connectivity index (χ3v) is 4.68. The molecule has 110 valence electrons. The lowest BCUT2D eigenvalue weighted by Gasteiger charge is -2.45. The Morgan fingerprint density at radius 1 is 1.29 bits per heavy atom. The van der Waals surface area contributed by atoms with Gasteiger partial charge in [-0.3, -0.25) is 9.69 Å². The summed E-state index contributed by atoms with van der Waals surface area (Å²) in [6.45, 7) is 5.76. The van der Waals surface area contributed by atoms with Crippen LogP contribution in [0.4, 0.5) is 5.69 Å². The number of benzene rings is 1. The number of ketones is 1. The van der Waals surface area contributed by atoms with Crippen LogP contribution in [0.1, 0.15) is 42.1 Å². The zero-order valence-corrected chi connectivity index (χ0v) is 12.5. The van der Waals surface area contributed by atoms with E-state index in [0.717, 1.165) is 30.9 Å². The first-order valence-corrected chi connectivity index (χ1v) is 7.73. The van der Waals surface area contributed by atoms with Gasteiger partial charge in [-0.05, 0) is 44.5 Å². The van der Waals surface area contributed by atoms with Crippen LogP contribution in [0, 0.1) is 11.3 Å². The molecule has 2 fully saturated rings. The second-order valence-corrected chi connectivity index (χ2v) is 6.03. The topological polar surface area (TPSA) is 47.3 Å². The fourth-order valence-electron chi connectivity index (χ4n) is 3.54. The molecule has 1 aromatic rings. The second kappa shape index (κ2) is 5.87. The molecule has 2 heterocycles. The minimum atomic E-state index is 0.0700. The van der Waals surface area contributed by atoms with E-state index in [9.17, 15) is 4.79 Å². The van der Waals surface area contributed by atoms with Crippen molar-refractivity contribution >= 4 is 11.5 Å². The monoisotopic (exact) mass is 283 g/mol. The first-order valence-electron chi connectivity index (χ1n) is 7.73. The molecule has 21 heavy (non-hydrogen) atoms. The molecule has 0 aromatic heterocycles. The van der Waals surface area contributed by atoms with Crippen molar-refractivity contribution in [3.63, 3.8) is 0 Å². The maximum Gasteiger partial charge on any atom is 0.161 e. The Kier molecular flexibility index (Phi) is 3.94. The lowest BCUT2D eigenvalue weighted by molar-refractivity contribution is 0.101. The van der Waals surface area contributed by atoms with Gasteiger partial charge in [0.1, 0.15) is 0 Å². The predicted octanol–water partition coefficient (Wildman–Crippen LogP) is 2.44. The zero-order chi connectivity index (χ0) is 14.8. The van der Waals surface area contributed by atoms with E-state index in [1.165, 1.54) is 25.8 Å². The number of piperidine rings is 1. The summed E-state index contributed by atoms with van der Waals surface area (Å²) in [5.74, 6) is 0.0700. The molecule has 2 saturated heterocycles. The van der Waals surface area contributed by atoms with Gasteiger partial charge in [0.25, 0.3) is 0 Å². The lowest BCUT2D eigenvalue weighted by Crippen LogP contribution is -2.55. The highest BCUT2D eigenvalue weighted by Crippen LogP contribution is 2.28. The van der Waals surface area contributed by atoms with E-state index < -0.39 is 0 Å². The second-order valence-electron chi connectivity index (χ2n) is 6.03. The molecular weight excluding hydrogens is 262 g/mol. The Balaban J connectivity index is 1.89. The highest BCUT2D eigenvalue weighted by atomic mass is 16.1. The van der Waals surface area contributed by atoms with Crippen molar-refractivity contribution in [3.05, 3.63) is 29.3 Å². The van der Waals surface area contributed by atoms with Crippen molar-refractivity contribution in [1.29, 1.82) is 5.26 Å². The molecule has 1 atom stereocenters. The summed E-state index contributed by atoms with van der Waals surface area (Å²) in [6, 6.07) is 8.17. The minimum absolute atomic E-state index is 0.0700. The number of fused-ring (bicyclic) bond motifs is 1. The molecule has 2 aliphatic rings. The van der Waals surface area contributed by atoms with Gasteiger partial charge < -0.3 is 4.90 Å². The number of carbonyl (C=O) groups excluding carboxylic acids is 1. The van der Waals surface area contributed by atoms with Gasteiger partial charge in [-0.25, -0.2) is 0 Å². The summed E-state index contributed by atoms with van der Waals surface area (Å²) in [5.41, 5.74) is 2.30. The van der Waals surface area contributed by atoms with Crippen LogP contribution in [0.25, 0.3) is 0 Å². The van der Waals surface area contributed by atoms with E-state index in [0.29, 0.717) is 11.6 Å². The van der Waals surface area contributed by atoms with Gasteiger partial charge in [-0.15, -0.1) is 0 Å². The number of nitriles is 1. The molecule has 1 aromatic carbocycles. The summed E-state index contributed by atoms with van der Waals surface area (Å²) >= 11 is 0. The Hall–Kier alpha value is -1.86. The summed E-state index contributed by atoms with van der Waals surface area (Å²) in [4.78, 5) is 16.7. The van der Waals surface area contributed by atoms with Crippen LogP contribution >= 0.6 is 0 Å². The van der Waals surface area contributed by atoms with Crippen LogP contribution in [0.5, 0.6) is 0 Å². The predicted molar refractivity (Wildman–Crippen MR) is 82.6 cm³/mol. The summed E-state index contributed by atoms with van der Waals surface area (Å²) < 4.78 is 0. The number of piperazine rings is 1. The van der Waals surface area contributed by atoms with Crippen LogP contribution in [0.3, 0.4) is 0 Å². The van der Waals surface area contributed by atoms with Gasteiger partial charge in [0.15, 0.2) is 5.78 Å². The maximum atomic E-state index is 11.9. The molecule has 1 unspecified atom stereocenters. The number of carbonyl (C=O) groups is 1. The van der Waals surface area contributed by atoms with E-state index in [2.05, 4.69) is 15.9 Å². The molecule has 4 nitrogen and oxygen atoms in total. The largest absolute Gasteiger partial charge is 0.368 e. The number of Topliss-reactive ketones (excluding diaryl/α,β-unsaturated/α-hetero) is 1. The highest BCUT2D eigenvalue weighted by molar-refractivity contribution is 6.00. The minimum Gasteiger partial charge on any atom is -0.368 e. The van der Waals surface area contributed by atoms with E-state index in [-0.39, 0.29) is 5.78 Å². The van der Waals surface area contributed by atoms with Gasteiger partial charge in [-0.1, -0.05) is 6.42 Å². The van der Waals surface area contributed by atoms with E-state index in [4.69, 9.17) is 5.26 Å². The summed E-state index contributed by atoms with van der Waals surface area (Å²) in [6.07, 6.45) is 3.84. The lowest BCUT2D eigenvalue weighted by atomic mass is 9.98. The Bertz CT molecular complexity index is 590. The maximum absolute atomic E-state index is 11.9. The molecular formula is C17H21N3O. The quantitative estimate of drug-likeness (QED) is 0.782. The number of hydrogen-bond donors (Lipinski definition) is 0. The number of rotatable bonds is 2. The highest BCUT2D eigenvalue weighted by Gasteiger charge is 2.30. The van der Waals surface area contributed by atoms with Crippen LogP contribution < -0.4 is 4.90 Å². The fourth-order valence-corrected chi connectivity index (χ4v) is 3.54. The molecule has 0 amide bonds. The van der Waals surface area contributed by atoms with E-state index in [1.807, 2.05) is 6.07 Å². The van der Waals surface area contributed by atoms with E-state index in [1.54, 1.807) is 19.1 Å². The standard InChI is InChI=1S/C17H21N3O/c1-13(21)16-6-5-14(11-18)10-17(16)20-9-8-19-7-3-2-4-15(19)12-20/h5-6,10,15H,2-4,7-9,12H2,1H3. The Morgan fingerprint density at radius 3 is 2.90 bits per heavy atom. The Morgan fingerprint density at radius 2 is 2.14 bits per heavy atom. The molecule has 0 N–H and O–H groups in total. The molecule has 2 aliphatic heterocycles. The van der Waals surface area contributed by atoms with Crippen LogP contribution in [-0.4, -0.2) is 42.9 Å². The smallest absolute Gasteiger partial charge is 0.161 e. The first-order chi connectivity index (χ1) is 10.2. The van der Waals surface area contributed by atoms with Crippen molar-refractivity contribution in [2.24, 2.45) is 0 Å². The van der Waals surface area contributed by atoms with Gasteiger partial charge in [0.2, 0.25) is 0 Å². The molecule has 0 radical (unpaired) electrons. The summed E-state index contributed by atoms with van der Waals surface area (Å²) in [7, 11) is 0. The number of nitrogens with zero attached hydrogens (tertiary/aromatic N) is 3. The zero-order valence-electron chi connectivity index (χ0n) is 12.5. The van der Waals surface area contributed by atoms with E-state index >= 15 is 0 Å². The summed E-state index contributed by atoms with van der Waals surface area (Å²) in [5, 5.41) is 9.12. The van der Waals surface area contributed by atoms with Crippen molar-refractivity contribution in [2.75, 3.05) is 31.1 Å². The molecule has 4 heteroatoms. The average Bonchev–Trinajstić information content (AvgIpc) is 2.53. The SMILES string of the molecule is CC(=O)c1ccc(C#N)cc1N1CCN2CCCCC2C1. The molecule has 0 spiro atoms. The van der Waals surface area contributed by atoms with Gasteiger partial charge in [0.05, 0.1) is 11.6 Å².